The number of likely N-dealkylation sites (tertiary alicyclic amines) is 1. The van der Waals surface area contributed by atoms with Gasteiger partial charge in [0, 0.05) is 32.7 Å². The van der Waals surface area contributed by atoms with Gasteiger partial charge in [0.1, 0.15) is 0 Å². The number of hydrogen-bond donors (Lipinski definition) is 2. The number of nitrogens with zero attached hydrogens (tertiary/aromatic N) is 2. The molecule has 20 heavy (non-hydrogen) atoms. The third-order valence-corrected chi connectivity index (χ3v) is 4.22. The average molecular weight is 276 g/mol. The van der Waals surface area contributed by atoms with E-state index in [2.05, 4.69) is 40.7 Å². The van der Waals surface area contributed by atoms with Gasteiger partial charge in [-0.3, -0.25) is 5.01 Å². The van der Waals surface area contributed by atoms with E-state index in [1.54, 1.807) is 0 Å². The summed E-state index contributed by atoms with van der Waals surface area (Å²) in [4.78, 5) is 2.55. The Bertz CT molecular complexity index is 383. The average Bonchev–Trinajstić information content (AvgIpc) is 2.47. The molecule has 0 saturated carbocycles. The fourth-order valence-corrected chi connectivity index (χ4v) is 2.97. The van der Waals surface area contributed by atoms with Gasteiger partial charge >= 0.3 is 0 Å². The Hall–Kier alpha value is -0.940. The zero-order chi connectivity index (χ0) is 14.4. The highest BCUT2D eigenvalue weighted by atomic mass is 15.5. The lowest BCUT2D eigenvalue weighted by atomic mass is 9.88. The van der Waals surface area contributed by atoms with E-state index < -0.39 is 0 Å². The predicted octanol–water partition coefficient (Wildman–Crippen LogP) is 1.09. The Morgan fingerprint density at radius 2 is 1.85 bits per heavy atom. The Balaban J connectivity index is 1.79. The van der Waals surface area contributed by atoms with E-state index in [1.807, 2.05) is 19.1 Å². The zero-order valence-corrected chi connectivity index (χ0v) is 12.8. The van der Waals surface area contributed by atoms with Crippen LogP contribution in [0.2, 0.25) is 0 Å². The highest BCUT2D eigenvalue weighted by molar-refractivity contribution is 5.14. The van der Waals surface area contributed by atoms with E-state index in [0.29, 0.717) is 6.54 Å². The molecule has 1 aliphatic heterocycles. The number of rotatable bonds is 6. The standard InChI is InChI=1S/C16H28N4/c1-19(2)18-16(14-17)9-12-20(13-10-16)11-8-15-6-4-3-5-7-15/h3-7,18H,8-14,17H2,1-2H3. The van der Waals surface area contributed by atoms with Crippen molar-refractivity contribution >= 4 is 0 Å². The minimum Gasteiger partial charge on any atom is -0.329 e. The van der Waals surface area contributed by atoms with Crippen LogP contribution in [0.15, 0.2) is 30.3 Å². The summed E-state index contributed by atoms with van der Waals surface area (Å²) in [6, 6.07) is 10.7. The molecule has 0 amide bonds. The molecule has 4 heteroatoms. The van der Waals surface area contributed by atoms with Crippen LogP contribution in [0.3, 0.4) is 0 Å². The van der Waals surface area contributed by atoms with Crippen molar-refractivity contribution in [1.29, 1.82) is 0 Å². The van der Waals surface area contributed by atoms with E-state index in [-0.39, 0.29) is 5.54 Å². The molecule has 4 nitrogen and oxygen atoms in total. The van der Waals surface area contributed by atoms with E-state index in [0.717, 1.165) is 38.9 Å². The zero-order valence-electron chi connectivity index (χ0n) is 12.8. The van der Waals surface area contributed by atoms with Crippen LogP contribution in [0.25, 0.3) is 0 Å². The molecule has 1 aliphatic rings. The highest BCUT2D eigenvalue weighted by Gasteiger charge is 2.33. The van der Waals surface area contributed by atoms with Gasteiger partial charge in [-0.05, 0) is 37.9 Å². The summed E-state index contributed by atoms with van der Waals surface area (Å²) >= 11 is 0. The minimum absolute atomic E-state index is 0.0900. The van der Waals surface area contributed by atoms with Crippen LogP contribution in [0.5, 0.6) is 0 Å². The molecule has 1 fully saturated rings. The van der Waals surface area contributed by atoms with E-state index >= 15 is 0 Å². The first-order chi connectivity index (χ1) is 9.63. The van der Waals surface area contributed by atoms with Crippen LogP contribution in [0, 0.1) is 0 Å². The molecule has 0 spiro atoms. The van der Waals surface area contributed by atoms with Crippen molar-refractivity contribution in [2.24, 2.45) is 5.73 Å². The van der Waals surface area contributed by atoms with Crippen LogP contribution >= 0.6 is 0 Å². The Labute approximate surface area is 122 Å². The molecule has 0 unspecified atom stereocenters. The minimum atomic E-state index is 0.0900. The van der Waals surface area contributed by atoms with Crippen LogP contribution in [0.1, 0.15) is 18.4 Å². The third kappa shape index (κ3) is 4.28. The molecule has 3 N–H and O–H groups in total. The molecular weight excluding hydrogens is 248 g/mol. The number of nitrogens with one attached hydrogen (secondary N) is 1. The summed E-state index contributed by atoms with van der Waals surface area (Å²) in [6.07, 6.45) is 3.38. The number of piperidine rings is 1. The molecule has 0 aromatic heterocycles. The van der Waals surface area contributed by atoms with Crippen molar-refractivity contribution in [3.8, 4) is 0 Å². The number of hydrogen-bond acceptors (Lipinski definition) is 4. The number of benzene rings is 1. The van der Waals surface area contributed by atoms with Gasteiger partial charge in [0.25, 0.3) is 0 Å². The van der Waals surface area contributed by atoms with Crippen molar-refractivity contribution in [2.75, 3.05) is 40.3 Å². The van der Waals surface area contributed by atoms with Crippen LogP contribution < -0.4 is 11.2 Å². The van der Waals surface area contributed by atoms with Gasteiger partial charge in [-0.2, -0.15) is 0 Å². The number of nitrogens with two attached hydrogens (primary N) is 1. The molecule has 0 atom stereocenters. The second-order valence-electron chi connectivity index (χ2n) is 6.07. The van der Waals surface area contributed by atoms with Gasteiger partial charge in [-0.1, -0.05) is 30.3 Å². The van der Waals surface area contributed by atoms with Crippen molar-refractivity contribution in [3.05, 3.63) is 35.9 Å². The molecule has 1 aromatic carbocycles. The van der Waals surface area contributed by atoms with Gasteiger partial charge in [-0.15, -0.1) is 0 Å². The van der Waals surface area contributed by atoms with Crippen LogP contribution in [0.4, 0.5) is 0 Å². The lowest BCUT2D eigenvalue weighted by Gasteiger charge is -2.43. The molecule has 0 aliphatic carbocycles. The van der Waals surface area contributed by atoms with Gasteiger partial charge in [0.2, 0.25) is 0 Å². The van der Waals surface area contributed by atoms with Crippen molar-refractivity contribution < 1.29 is 0 Å². The lowest BCUT2D eigenvalue weighted by Crippen LogP contribution is -2.61. The fourth-order valence-electron chi connectivity index (χ4n) is 2.97. The summed E-state index contributed by atoms with van der Waals surface area (Å²) in [5.74, 6) is 0. The maximum absolute atomic E-state index is 5.99. The summed E-state index contributed by atoms with van der Waals surface area (Å²) in [5, 5.41) is 2.03. The van der Waals surface area contributed by atoms with Crippen molar-refractivity contribution in [2.45, 2.75) is 24.8 Å². The molecule has 1 saturated heterocycles. The summed E-state index contributed by atoms with van der Waals surface area (Å²) in [7, 11) is 4.08. The van der Waals surface area contributed by atoms with Gasteiger partial charge in [0.05, 0.1) is 0 Å². The Kier molecular flexibility index (Phi) is 5.54. The van der Waals surface area contributed by atoms with E-state index in [9.17, 15) is 0 Å². The number of hydrazine groups is 1. The summed E-state index contributed by atoms with van der Waals surface area (Å²) in [5.41, 5.74) is 11.0. The molecular formula is C16H28N4. The molecule has 0 bridgehead atoms. The van der Waals surface area contributed by atoms with Gasteiger partial charge < -0.3 is 10.6 Å². The Morgan fingerprint density at radius 3 is 2.40 bits per heavy atom. The fraction of sp³-hybridized carbons (Fsp3) is 0.625. The van der Waals surface area contributed by atoms with Gasteiger partial charge in [0.15, 0.2) is 0 Å². The first-order valence-corrected chi connectivity index (χ1v) is 7.55. The lowest BCUT2D eigenvalue weighted by molar-refractivity contribution is 0.0810. The first kappa shape index (κ1) is 15.4. The topological polar surface area (TPSA) is 44.5 Å². The summed E-state index contributed by atoms with van der Waals surface area (Å²) < 4.78 is 0. The molecule has 2 rings (SSSR count). The van der Waals surface area contributed by atoms with Crippen LogP contribution in [-0.4, -0.2) is 55.7 Å². The first-order valence-electron chi connectivity index (χ1n) is 7.55. The monoisotopic (exact) mass is 276 g/mol. The van der Waals surface area contributed by atoms with E-state index in [1.165, 1.54) is 5.56 Å². The normalized spacial score (nSPS) is 19.4. The Morgan fingerprint density at radius 1 is 1.20 bits per heavy atom. The smallest absolute Gasteiger partial charge is 0.0472 e. The predicted molar refractivity (Wildman–Crippen MR) is 84.4 cm³/mol. The molecule has 1 heterocycles. The van der Waals surface area contributed by atoms with E-state index in [4.69, 9.17) is 5.73 Å². The summed E-state index contributed by atoms with van der Waals surface area (Å²) in [6.45, 7) is 4.11. The second kappa shape index (κ2) is 7.18. The third-order valence-electron chi connectivity index (χ3n) is 4.22. The van der Waals surface area contributed by atoms with Crippen LogP contribution in [-0.2, 0) is 6.42 Å². The second-order valence-corrected chi connectivity index (χ2v) is 6.07. The van der Waals surface area contributed by atoms with Crippen molar-refractivity contribution in [1.82, 2.24) is 15.3 Å². The van der Waals surface area contributed by atoms with Crippen molar-refractivity contribution in [3.63, 3.8) is 0 Å². The molecule has 0 radical (unpaired) electrons. The SMILES string of the molecule is CN(C)NC1(CN)CCN(CCc2ccccc2)CC1. The van der Waals surface area contributed by atoms with Gasteiger partial charge in [-0.25, -0.2) is 5.43 Å². The maximum Gasteiger partial charge on any atom is 0.0472 e. The largest absolute Gasteiger partial charge is 0.329 e. The quantitative estimate of drug-likeness (QED) is 0.764. The molecule has 112 valence electrons. The highest BCUT2D eigenvalue weighted by Crippen LogP contribution is 2.21. The molecule has 1 aromatic rings. The maximum atomic E-state index is 5.99.